The molecule has 9 heteroatoms. The summed E-state index contributed by atoms with van der Waals surface area (Å²) >= 11 is 0. The van der Waals surface area contributed by atoms with Gasteiger partial charge in [-0.05, 0) is 83.5 Å². The van der Waals surface area contributed by atoms with E-state index in [2.05, 4.69) is 104 Å². The fraction of sp³-hybridized carbons (Fsp3) is 0.691. The molecule has 8 nitrogen and oxygen atoms in total. The van der Waals surface area contributed by atoms with Gasteiger partial charge in [0.15, 0.2) is 0 Å². The molecule has 64 heavy (non-hydrogen) atoms. The zero-order valence-electron chi connectivity index (χ0n) is 41.7. The predicted octanol–water partition coefficient (Wildman–Crippen LogP) is 15.1. The van der Waals surface area contributed by atoms with Crippen LogP contribution in [0.5, 0.6) is 0 Å². The third kappa shape index (κ3) is 47.4. The molecule has 3 N–H and O–H groups in total. The molecule has 0 saturated heterocycles. The molecule has 0 saturated carbocycles. The lowest BCUT2D eigenvalue weighted by molar-refractivity contribution is -0.870. The van der Waals surface area contributed by atoms with Gasteiger partial charge in [0.25, 0.3) is 0 Å². The van der Waals surface area contributed by atoms with Crippen LogP contribution in [0.15, 0.2) is 97.2 Å². The summed E-state index contributed by atoms with van der Waals surface area (Å²) in [4.78, 5) is 23.2. The molecule has 0 rings (SSSR count). The van der Waals surface area contributed by atoms with Gasteiger partial charge in [0.2, 0.25) is 5.91 Å². The van der Waals surface area contributed by atoms with Crippen LogP contribution in [0.3, 0.4) is 0 Å². The van der Waals surface area contributed by atoms with Crippen molar-refractivity contribution in [3.63, 3.8) is 0 Å². The number of rotatable bonds is 45. The van der Waals surface area contributed by atoms with Crippen molar-refractivity contribution >= 4 is 13.7 Å². The minimum absolute atomic E-state index is 0.0454. The summed E-state index contributed by atoms with van der Waals surface area (Å²) in [6.45, 7) is 4.65. The second kappa shape index (κ2) is 45.6. The van der Waals surface area contributed by atoms with E-state index in [1.807, 2.05) is 27.2 Å². The third-order valence-electron chi connectivity index (χ3n) is 10.8. The molecule has 0 radical (unpaired) electrons. The summed E-state index contributed by atoms with van der Waals surface area (Å²) in [6.07, 6.45) is 64.9. The fourth-order valence-electron chi connectivity index (χ4n) is 6.77. The Kier molecular flexibility index (Phi) is 43.7. The number of phosphoric acid groups is 1. The van der Waals surface area contributed by atoms with Gasteiger partial charge in [-0.2, -0.15) is 0 Å². The number of nitrogens with zero attached hydrogens (tertiary/aromatic N) is 1. The highest BCUT2D eigenvalue weighted by Gasteiger charge is 2.27. The molecule has 1 amide bonds. The second-order valence-corrected chi connectivity index (χ2v) is 19.6. The average Bonchev–Trinajstić information content (AvgIpc) is 3.25. The Labute approximate surface area is 394 Å². The van der Waals surface area contributed by atoms with Crippen molar-refractivity contribution < 1.29 is 32.9 Å². The molecule has 0 spiro atoms. The highest BCUT2D eigenvalue weighted by Crippen LogP contribution is 2.43. The Bertz CT molecular complexity index is 1360. The quantitative estimate of drug-likeness (QED) is 0.0243. The van der Waals surface area contributed by atoms with E-state index < -0.39 is 20.0 Å². The summed E-state index contributed by atoms with van der Waals surface area (Å²) < 4.78 is 23.6. The largest absolute Gasteiger partial charge is 0.472 e. The Morgan fingerprint density at radius 2 is 0.953 bits per heavy atom. The van der Waals surface area contributed by atoms with Gasteiger partial charge < -0.3 is 19.8 Å². The molecule has 0 aromatic heterocycles. The van der Waals surface area contributed by atoms with E-state index in [0.29, 0.717) is 17.4 Å². The lowest BCUT2D eigenvalue weighted by atomic mass is 10.0. The van der Waals surface area contributed by atoms with E-state index in [-0.39, 0.29) is 19.1 Å². The van der Waals surface area contributed by atoms with E-state index in [1.54, 1.807) is 6.08 Å². The molecule has 0 aliphatic heterocycles. The topological polar surface area (TPSA) is 105 Å². The molecule has 3 atom stereocenters. The number of carbonyl (C=O) groups is 1. The summed E-state index contributed by atoms with van der Waals surface area (Å²) in [5.74, 6) is -0.215. The third-order valence-corrected chi connectivity index (χ3v) is 11.8. The van der Waals surface area contributed by atoms with Crippen LogP contribution < -0.4 is 5.32 Å². The van der Waals surface area contributed by atoms with E-state index in [0.717, 1.165) is 89.9 Å². The van der Waals surface area contributed by atoms with Gasteiger partial charge in [-0.25, -0.2) is 4.57 Å². The number of hydrogen-bond acceptors (Lipinski definition) is 5. The number of likely N-dealkylation sites (N-methyl/N-ethyl adjacent to an activating group) is 1. The standard InChI is InChI=1S/C55H97N2O6P/c1-6-8-10-12-14-16-18-20-22-24-26-27-28-29-31-33-35-37-39-41-43-45-47-49-55(59)56-53(52-63-64(60,61)62-51-50-57(3,4)5)54(58)48-46-44-42-40-38-36-34-32-30-25-23-21-19-17-15-13-11-9-7-2/h8,10,14,16,20,22,26-27,29,31,35,37-38,40,46,48,53-54,58H,6-7,9,11-13,15,17-19,21,23-25,28,30,32-34,36,39,41-45,47,49-52H2,1-5H3,(H-,56,59,60,61)/p+1/b10-8-,16-14-,22-20-,27-26-,31-29-,37-35-,40-38+,48-46+. The van der Waals surface area contributed by atoms with Crippen LogP contribution in [-0.2, 0) is 18.4 Å². The van der Waals surface area contributed by atoms with Crippen molar-refractivity contribution in [1.82, 2.24) is 5.32 Å². The molecule has 3 unspecified atom stereocenters. The van der Waals surface area contributed by atoms with Gasteiger partial charge in [-0.15, -0.1) is 0 Å². The first-order valence-electron chi connectivity index (χ1n) is 25.6. The Morgan fingerprint density at radius 3 is 1.44 bits per heavy atom. The molecule has 0 aromatic carbocycles. The SMILES string of the molecule is CC/C=C\C/C=C\C/C=C\C/C=C\C/C=C\C/C=C\CCCCCCC(=O)NC(COP(=O)(O)OCC[N+](C)(C)C)C(O)/C=C/CC/C=C/CCCCCCCCCCCCCCC. The maximum atomic E-state index is 12.9. The van der Waals surface area contributed by atoms with Crippen molar-refractivity contribution in [3.05, 3.63) is 97.2 Å². The number of phosphoric ester groups is 1. The Morgan fingerprint density at radius 1 is 0.547 bits per heavy atom. The van der Waals surface area contributed by atoms with E-state index in [9.17, 15) is 19.4 Å². The minimum atomic E-state index is -4.37. The summed E-state index contributed by atoms with van der Waals surface area (Å²) in [5.41, 5.74) is 0. The van der Waals surface area contributed by atoms with Gasteiger partial charge in [-0.1, -0.05) is 201 Å². The minimum Gasteiger partial charge on any atom is -0.387 e. The van der Waals surface area contributed by atoms with Crippen molar-refractivity contribution in [2.45, 2.75) is 206 Å². The molecule has 0 fully saturated rings. The Balaban J connectivity index is 4.45. The first-order valence-corrected chi connectivity index (χ1v) is 27.1. The molecule has 0 aliphatic carbocycles. The van der Waals surface area contributed by atoms with Crippen molar-refractivity contribution in [2.24, 2.45) is 0 Å². The smallest absolute Gasteiger partial charge is 0.387 e. The number of nitrogens with one attached hydrogen (secondary N) is 1. The van der Waals surface area contributed by atoms with Gasteiger partial charge in [0.1, 0.15) is 13.2 Å². The molecule has 0 aliphatic rings. The van der Waals surface area contributed by atoms with Crippen molar-refractivity contribution in [2.75, 3.05) is 40.9 Å². The summed E-state index contributed by atoms with van der Waals surface area (Å²) in [6, 6.07) is -0.884. The Hall–Kier alpha value is -2.58. The normalized spacial score (nSPS) is 14.9. The van der Waals surface area contributed by atoms with Crippen molar-refractivity contribution in [3.8, 4) is 0 Å². The first-order chi connectivity index (χ1) is 31.0. The predicted molar refractivity (Wildman–Crippen MR) is 276 cm³/mol. The van der Waals surface area contributed by atoms with E-state index in [4.69, 9.17) is 9.05 Å². The number of aliphatic hydroxyl groups excluding tert-OH is 1. The number of quaternary nitrogens is 1. The highest BCUT2D eigenvalue weighted by molar-refractivity contribution is 7.47. The number of unbranched alkanes of at least 4 members (excludes halogenated alkanes) is 18. The monoisotopic (exact) mass is 914 g/mol. The molecular formula is C55H98N2O6P+. The number of aliphatic hydroxyl groups is 1. The van der Waals surface area contributed by atoms with Crippen LogP contribution in [0.4, 0.5) is 0 Å². The maximum absolute atomic E-state index is 12.9. The molecular weight excluding hydrogens is 816 g/mol. The lowest BCUT2D eigenvalue weighted by Gasteiger charge is -2.25. The highest BCUT2D eigenvalue weighted by atomic mass is 31.2. The fourth-order valence-corrected chi connectivity index (χ4v) is 7.50. The van der Waals surface area contributed by atoms with Crippen LogP contribution in [0.25, 0.3) is 0 Å². The van der Waals surface area contributed by atoms with Gasteiger partial charge >= 0.3 is 7.82 Å². The number of carbonyl (C=O) groups excluding carboxylic acids is 1. The maximum Gasteiger partial charge on any atom is 0.472 e. The van der Waals surface area contributed by atoms with Crippen LogP contribution in [-0.4, -0.2) is 73.4 Å². The zero-order valence-corrected chi connectivity index (χ0v) is 42.6. The van der Waals surface area contributed by atoms with Crippen LogP contribution in [0.1, 0.15) is 194 Å². The summed E-state index contributed by atoms with van der Waals surface area (Å²) in [7, 11) is 1.52. The lowest BCUT2D eigenvalue weighted by Crippen LogP contribution is -2.45. The van der Waals surface area contributed by atoms with Crippen molar-refractivity contribution in [1.29, 1.82) is 0 Å². The van der Waals surface area contributed by atoms with E-state index in [1.165, 1.54) is 83.5 Å². The van der Waals surface area contributed by atoms with Gasteiger partial charge in [-0.3, -0.25) is 13.8 Å². The van der Waals surface area contributed by atoms with E-state index >= 15 is 0 Å². The number of hydrogen-bond donors (Lipinski definition) is 3. The molecule has 0 heterocycles. The van der Waals surface area contributed by atoms with Crippen LogP contribution >= 0.6 is 7.82 Å². The zero-order chi connectivity index (χ0) is 47.1. The number of allylic oxidation sites excluding steroid dienone is 15. The average molecular weight is 914 g/mol. The summed E-state index contributed by atoms with van der Waals surface area (Å²) in [5, 5.41) is 13.9. The molecule has 0 aromatic rings. The molecule has 0 bridgehead atoms. The van der Waals surface area contributed by atoms with Crippen LogP contribution in [0, 0.1) is 0 Å². The van der Waals surface area contributed by atoms with Gasteiger partial charge in [0, 0.05) is 6.42 Å². The second-order valence-electron chi connectivity index (χ2n) is 18.2. The van der Waals surface area contributed by atoms with Gasteiger partial charge in [0.05, 0.1) is 39.9 Å². The van der Waals surface area contributed by atoms with Crippen LogP contribution in [0.2, 0.25) is 0 Å². The molecule has 368 valence electrons. The first kappa shape index (κ1) is 61.4. The number of amides is 1.